The van der Waals surface area contributed by atoms with Gasteiger partial charge in [-0.1, -0.05) is 0 Å². The van der Waals surface area contributed by atoms with Crippen molar-refractivity contribution in [2.45, 2.75) is 38.3 Å². The number of nitrogens with two attached hydrogens (primary N) is 1. The summed E-state index contributed by atoms with van der Waals surface area (Å²) in [6.45, 7) is 1.78. The molecule has 0 radical (unpaired) electrons. The molecule has 0 bridgehead atoms. The summed E-state index contributed by atoms with van der Waals surface area (Å²) in [6.07, 6.45) is 0.932. The van der Waals surface area contributed by atoms with Crippen molar-refractivity contribution in [1.29, 1.82) is 0 Å². The molecule has 0 saturated carbocycles. The second-order valence-corrected chi connectivity index (χ2v) is 3.96. The Morgan fingerprint density at radius 2 is 2.06 bits per heavy atom. The molecule has 1 fully saturated rings. The van der Waals surface area contributed by atoms with Crippen LogP contribution < -0.4 is 16.4 Å². The molecule has 16 heavy (non-hydrogen) atoms. The van der Waals surface area contributed by atoms with E-state index in [1.807, 2.05) is 0 Å². The molecule has 0 aromatic carbocycles. The lowest BCUT2D eigenvalue weighted by Crippen LogP contribution is -2.50. The summed E-state index contributed by atoms with van der Waals surface area (Å²) in [5, 5.41) is 5.22. The number of ketones is 1. The molecule has 1 saturated heterocycles. The molecule has 6 nitrogen and oxygen atoms in total. The Hall–Kier alpha value is -1.43. The third-order valence-electron chi connectivity index (χ3n) is 2.58. The number of Topliss-reactive ketones (excluding diaryl/α,β-unsaturated/α-hetero) is 1. The van der Waals surface area contributed by atoms with E-state index in [0.717, 1.165) is 0 Å². The Balaban J connectivity index is 2.69. The van der Waals surface area contributed by atoms with Crippen molar-refractivity contribution >= 4 is 17.6 Å². The SMILES string of the molecule is CC(=O)C1CCC(=O)NCCC(N)C(=O)N1. The highest BCUT2D eigenvalue weighted by Crippen LogP contribution is 2.02. The van der Waals surface area contributed by atoms with Gasteiger partial charge in [0.2, 0.25) is 11.8 Å². The lowest BCUT2D eigenvalue weighted by molar-refractivity contribution is -0.129. The Morgan fingerprint density at radius 3 is 2.69 bits per heavy atom. The molecule has 6 heteroatoms. The molecule has 90 valence electrons. The van der Waals surface area contributed by atoms with Crippen LogP contribution in [0, 0.1) is 0 Å². The van der Waals surface area contributed by atoms with Crippen molar-refractivity contribution in [2.24, 2.45) is 5.73 Å². The molecule has 1 rings (SSSR count). The number of amides is 2. The molecule has 1 heterocycles. The molecular formula is C10H17N3O3. The summed E-state index contributed by atoms with van der Waals surface area (Å²) in [7, 11) is 0. The van der Waals surface area contributed by atoms with Crippen LogP contribution in [-0.4, -0.2) is 36.2 Å². The molecule has 2 amide bonds. The Morgan fingerprint density at radius 1 is 1.38 bits per heavy atom. The van der Waals surface area contributed by atoms with Crippen LogP contribution in [0.4, 0.5) is 0 Å². The maximum absolute atomic E-state index is 11.5. The number of carbonyl (C=O) groups excluding carboxylic acids is 3. The summed E-state index contributed by atoms with van der Waals surface area (Å²) in [6, 6.07) is -1.29. The van der Waals surface area contributed by atoms with Crippen LogP contribution >= 0.6 is 0 Å². The maximum Gasteiger partial charge on any atom is 0.237 e. The van der Waals surface area contributed by atoms with Crippen molar-refractivity contribution in [3.63, 3.8) is 0 Å². The van der Waals surface area contributed by atoms with Crippen LogP contribution in [0.15, 0.2) is 0 Å². The highest BCUT2D eigenvalue weighted by atomic mass is 16.2. The molecule has 2 atom stereocenters. The molecule has 0 aromatic rings. The van der Waals surface area contributed by atoms with Gasteiger partial charge in [-0.15, -0.1) is 0 Å². The van der Waals surface area contributed by atoms with Gasteiger partial charge in [0, 0.05) is 13.0 Å². The molecule has 0 aromatic heterocycles. The van der Waals surface area contributed by atoms with E-state index < -0.39 is 12.1 Å². The van der Waals surface area contributed by atoms with E-state index in [4.69, 9.17) is 5.73 Å². The van der Waals surface area contributed by atoms with Crippen molar-refractivity contribution in [3.05, 3.63) is 0 Å². The maximum atomic E-state index is 11.5. The molecular weight excluding hydrogens is 210 g/mol. The summed E-state index contributed by atoms with van der Waals surface area (Å²) in [5.74, 6) is -0.611. The number of carbonyl (C=O) groups is 3. The second kappa shape index (κ2) is 5.60. The van der Waals surface area contributed by atoms with Crippen LogP contribution in [0.5, 0.6) is 0 Å². The first kappa shape index (κ1) is 12.6. The van der Waals surface area contributed by atoms with Gasteiger partial charge in [0.25, 0.3) is 0 Å². The average molecular weight is 227 g/mol. The van der Waals surface area contributed by atoms with Crippen LogP contribution in [0.3, 0.4) is 0 Å². The molecule has 1 aliphatic rings. The van der Waals surface area contributed by atoms with Crippen LogP contribution in [0.25, 0.3) is 0 Å². The minimum Gasteiger partial charge on any atom is -0.356 e. The van der Waals surface area contributed by atoms with Gasteiger partial charge in [0.15, 0.2) is 5.78 Å². The van der Waals surface area contributed by atoms with Crippen LogP contribution in [0.2, 0.25) is 0 Å². The van der Waals surface area contributed by atoms with Gasteiger partial charge in [0.1, 0.15) is 0 Å². The lowest BCUT2D eigenvalue weighted by atomic mass is 10.1. The quantitative estimate of drug-likeness (QED) is 0.517. The van der Waals surface area contributed by atoms with Gasteiger partial charge in [0.05, 0.1) is 12.1 Å². The zero-order valence-electron chi connectivity index (χ0n) is 9.29. The second-order valence-electron chi connectivity index (χ2n) is 3.96. The Labute approximate surface area is 93.9 Å². The fourth-order valence-electron chi connectivity index (χ4n) is 1.52. The molecule has 2 unspecified atom stereocenters. The highest BCUT2D eigenvalue weighted by Gasteiger charge is 2.23. The zero-order chi connectivity index (χ0) is 12.1. The van der Waals surface area contributed by atoms with Gasteiger partial charge < -0.3 is 16.4 Å². The fourth-order valence-corrected chi connectivity index (χ4v) is 1.52. The minimum absolute atomic E-state index is 0.116. The predicted octanol–water partition coefficient (Wildman–Crippen LogP) is -1.31. The van der Waals surface area contributed by atoms with Gasteiger partial charge >= 0.3 is 0 Å². The number of nitrogens with one attached hydrogen (secondary N) is 2. The number of hydrogen-bond donors (Lipinski definition) is 3. The first-order valence-corrected chi connectivity index (χ1v) is 5.34. The van der Waals surface area contributed by atoms with E-state index in [1.165, 1.54) is 6.92 Å². The van der Waals surface area contributed by atoms with Crippen molar-refractivity contribution in [3.8, 4) is 0 Å². The average Bonchev–Trinajstić information content (AvgIpc) is 2.22. The van der Waals surface area contributed by atoms with Crippen LogP contribution in [0.1, 0.15) is 26.2 Å². The summed E-state index contributed by atoms with van der Waals surface area (Å²) >= 11 is 0. The first-order valence-electron chi connectivity index (χ1n) is 5.34. The molecule has 4 N–H and O–H groups in total. The van der Waals surface area contributed by atoms with Gasteiger partial charge in [-0.25, -0.2) is 0 Å². The molecule has 0 aliphatic carbocycles. The molecule has 0 spiro atoms. The van der Waals surface area contributed by atoms with E-state index in [-0.39, 0.29) is 24.0 Å². The normalized spacial score (nSPS) is 27.9. The van der Waals surface area contributed by atoms with Gasteiger partial charge in [-0.05, 0) is 19.8 Å². The smallest absolute Gasteiger partial charge is 0.237 e. The third kappa shape index (κ3) is 3.62. The van der Waals surface area contributed by atoms with E-state index in [9.17, 15) is 14.4 Å². The summed E-state index contributed by atoms with van der Waals surface area (Å²) in [5.41, 5.74) is 5.60. The van der Waals surface area contributed by atoms with Gasteiger partial charge in [-0.3, -0.25) is 14.4 Å². The molecule has 1 aliphatic heterocycles. The standard InChI is InChI=1S/C10H17N3O3/c1-6(14)8-2-3-9(15)12-5-4-7(11)10(16)13-8/h7-8H,2-5,11H2,1H3,(H,12,15)(H,13,16). The van der Waals surface area contributed by atoms with E-state index in [1.54, 1.807) is 0 Å². The van der Waals surface area contributed by atoms with E-state index >= 15 is 0 Å². The monoisotopic (exact) mass is 227 g/mol. The number of rotatable bonds is 1. The van der Waals surface area contributed by atoms with E-state index in [2.05, 4.69) is 10.6 Å². The van der Waals surface area contributed by atoms with Crippen molar-refractivity contribution in [2.75, 3.05) is 6.54 Å². The van der Waals surface area contributed by atoms with E-state index in [0.29, 0.717) is 19.4 Å². The summed E-state index contributed by atoms with van der Waals surface area (Å²) in [4.78, 5) is 34.0. The van der Waals surface area contributed by atoms with Crippen molar-refractivity contribution in [1.82, 2.24) is 10.6 Å². The van der Waals surface area contributed by atoms with Crippen molar-refractivity contribution < 1.29 is 14.4 Å². The summed E-state index contributed by atoms with van der Waals surface area (Å²) < 4.78 is 0. The van der Waals surface area contributed by atoms with Crippen LogP contribution in [-0.2, 0) is 14.4 Å². The Bertz CT molecular complexity index is 304. The topological polar surface area (TPSA) is 101 Å². The predicted molar refractivity (Wildman–Crippen MR) is 57.4 cm³/mol. The number of hydrogen-bond acceptors (Lipinski definition) is 4. The third-order valence-corrected chi connectivity index (χ3v) is 2.58. The largest absolute Gasteiger partial charge is 0.356 e. The lowest BCUT2D eigenvalue weighted by Gasteiger charge is -2.20. The zero-order valence-corrected chi connectivity index (χ0v) is 9.29. The highest BCUT2D eigenvalue weighted by molar-refractivity contribution is 5.90. The fraction of sp³-hybridized carbons (Fsp3) is 0.700. The van der Waals surface area contributed by atoms with Gasteiger partial charge in [-0.2, -0.15) is 0 Å². The Kier molecular flexibility index (Phi) is 4.42. The first-order chi connectivity index (χ1) is 7.50. The minimum atomic E-state index is -0.680.